The number of ketones is 1. The number of carbonyl (C=O) groups excluding carboxylic acids is 1. The number of Topliss-reactive ketones (excluding diaryl/α,β-unsaturated/α-hetero) is 1. The van der Waals surface area contributed by atoms with Crippen molar-refractivity contribution in [3.05, 3.63) is 59.9 Å². The Labute approximate surface area is 163 Å². The SMILES string of the molecule is CCCCCCc1ccc(C(=O)CSc2nnc(-c3ccncc3)o2)cc1. The Bertz CT molecular complexity index is 847. The maximum Gasteiger partial charge on any atom is 0.277 e. The lowest BCUT2D eigenvalue weighted by atomic mass is 10.0. The Morgan fingerprint density at radius 1 is 1.00 bits per heavy atom. The van der Waals surface area contributed by atoms with Gasteiger partial charge in [-0.1, -0.05) is 62.2 Å². The minimum Gasteiger partial charge on any atom is -0.411 e. The largest absolute Gasteiger partial charge is 0.411 e. The quantitative estimate of drug-likeness (QED) is 0.272. The van der Waals surface area contributed by atoms with E-state index in [9.17, 15) is 4.79 Å². The lowest BCUT2D eigenvalue weighted by molar-refractivity contribution is 0.102. The molecule has 0 aliphatic carbocycles. The van der Waals surface area contributed by atoms with Crippen LogP contribution in [0.3, 0.4) is 0 Å². The van der Waals surface area contributed by atoms with E-state index in [1.165, 1.54) is 43.0 Å². The third kappa shape index (κ3) is 5.76. The molecule has 3 rings (SSSR count). The van der Waals surface area contributed by atoms with Crippen LogP contribution in [0.1, 0.15) is 48.5 Å². The smallest absolute Gasteiger partial charge is 0.277 e. The lowest BCUT2D eigenvalue weighted by Gasteiger charge is -2.03. The van der Waals surface area contributed by atoms with Crippen LogP contribution < -0.4 is 0 Å². The molecule has 0 amide bonds. The second kappa shape index (κ2) is 10.0. The summed E-state index contributed by atoms with van der Waals surface area (Å²) in [6.07, 6.45) is 9.41. The number of hydrogen-bond acceptors (Lipinski definition) is 6. The molecule has 0 fully saturated rings. The Hall–Kier alpha value is -2.47. The van der Waals surface area contributed by atoms with Gasteiger partial charge in [0.1, 0.15) is 0 Å². The summed E-state index contributed by atoms with van der Waals surface area (Å²) >= 11 is 1.26. The number of unbranched alkanes of at least 4 members (excludes halogenated alkanes) is 3. The summed E-state index contributed by atoms with van der Waals surface area (Å²) in [7, 11) is 0. The molecule has 0 atom stereocenters. The fourth-order valence-corrected chi connectivity index (χ4v) is 3.36. The average Bonchev–Trinajstić information content (AvgIpc) is 3.20. The Morgan fingerprint density at radius 3 is 2.52 bits per heavy atom. The van der Waals surface area contributed by atoms with Crippen LogP contribution >= 0.6 is 11.8 Å². The van der Waals surface area contributed by atoms with Gasteiger partial charge >= 0.3 is 0 Å². The third-order valence-corrected chi connectivity index (χ3v) is 5.07. The number of nitrogens with zero attached hydrogens (tertiary/aromatic N) is 3. The molecule has 0 saturated carbocycles. The van der Waals surface area contributed by atoms with Crippen molar-refractivity contribution in [1.82, 2.24) is 15.2 Å². The van der Waals surface area contributed by atoms with Crippen molar-refractivity contribution in [2.24, 2.45) is 0 Å². The molecule has 0 unspecified atom stereocenters. The standard InChI is InChI=1S/C21H23N3O2S/c1-2-3-4-5-6-16-7-9-17(10-8-16)19(25)15-27-21-24-23-20(26-21)18-11-13-22-14-12-18/h7-14H,2-6,15H2,1H3. The number of rotatable bonds is 10. The van der Waals surface area contributed by atoms with Crippen LogP contribution in [0.5, 0.6) is 0 Å². The molecular formula is C21H23N3O2S. The minimum atomic E-state index is 0.0567. The van der Waals surface area contributed by atoms with Gasteiger partial charge in [-0.25, -0.2) is 0 Å². The zero-order valence-electron chi connectivity index (χ0n) is 15.4. The summed E-state index contributed by atoms with van der Waals surface area (Å²) in [5.74, 6) is 0.759. The number of hydrogen-bond donors (Lipinski definition) is 0. The number of aromatic nitrogens is 3. The first-order valence-corrected chi connectivity index (χ1v) is 10.2. The van der Waals surface area contributed by atoms with Crippen LogP contribution in [0.4, 0.5) is 0 Å². The molecule has 0 saturated heterocycles. The molecule has 0 aliphatic rings. The molecule has 0 radical (unpaired) electrons. The van der Waals surface area contributed by atoms with Crippen molar-refractivity contribution < 1.29 is 9.21 Å². The lowest BCUT2D eigenvalue weighted by Crippen LogP contribution is -2.02. The van der Waals surface area contributed by atoms with E-state index in [1.54, 1.807) is 24.5 Å². The van der Waals surface area contributed by atoms with Crippen molar-refractivity contribution in [3.8, 4) is 11.5 Å². The van der Waals surface area contributed by atoms with Crippen molar-refractivity contribution in [1.29, 1.82) is 0 Å². The average molecular weight is 382 g/mol. The van der Waals surface area contributed by atoms with Crippen molar-refractivity contribution in [2.75, 3.05) is 5.75 Å². The third-order valence-electron chi connectivity index (χ3n) is 4.26. The molecule has 1 aromatic carbocycles. The van der Waals surface area contributed by atoms with E-state index in [-0.39, 0.29) is 11.5 Å². The minimum absolute atomic E-state index is 0.0567. The number of thioether (sulfide) groups is 1. The molecular weight excluding hydrogens is 358 g/mol. The molecule has 0 aliphatic heterocycles. The van der Waals surface area contributed by atoms with Gasteiger partial charge in [-0.15, -0.1) is 10.2 Å². The second-order valence-electron chi connectivity index (χ2n) is 6.33. The zero-order chi connectivity index (χ0) is 18.9. The molecule has 0 bridgehead atoms. The van der Waals surface area contributed by atoms with Gasteiger partial charge < -0.3 is 4.42 Å². The topological polar surface area (TPSA) is 68.9 Å². The molecule has 3 aromatic rings. The van der Waals surface area contributed by atoms with Gasteiger partial charge in [0.05, 0.1) is 5.75 Å². The predicted octanol–water partition coefficient (Wildman–Crippen LogP) is 5.23. The highest BCUT2D eigenvalue weighted by molar-refractivity contribution is 7.99. The summed E-state index contributed by atoms with van der Waals surface area (Å²) in [4.78, 5) is 16.3. The number of benzene rings is 1. The number of pyridine rings is 1. The maximum absolute atomic E-state index is 12.4. The van der Waals surface area contributed by atoms with Gasteiger partial charge in [-0.3, -0.25) is 9.78 Å². The summed E-state index contributed by atoms with van der Waals surface area (Å²) in [6.45, 7) is 2.21. The summed E-state index contributed by atoms with van der Waals surface area (Å²) < 4.78 is 5.60. The first-order chi connectivity index (χ1) is 13.3. The normalized spacial score (nSPS) is 10.9. The molecule has 2 heterocycles. The molecule has 0 N–H and O–H groups in total. The van der Waals surface area contributed by atoms with Crippen LogP contribution in [0, 0.1) is 0 Å². The molecule has 5 nitrogen and oxygen atoms in total. The molecule has 140 valence electrons. The van der Waals surface area contributed by atoms with Gasteiger partial charge in [0.15, 0.2) is 5.78 Å². The van der Waals surface area contributed by atoms with Crippen molar-refractivity contribution in [3.63, 3.8) is 0 Å². The predicted molar refractivity (Wildman–Crippen MR) is 107 cm³/mol. The van der Waals surface area contributed by atoms with Crippen LogP contribution in [0.25, 0.3) is 11.5 Å². The molecule has 27 heavy (non-hydrogen) atoms. The summed E-state index contributed by atoms with van der Waals surface area (Å²) in [5, 5.41) is 8.40. The van der Waals surface area contributed by atoms with Crippen LogP contribution in [0.2, 0.25) is 0 Å². The van der Waals surface area contributed by atoms with Gasteiger partial charge in [0.2, 0.25) is 5.89 Å². The van der Waals surface area contributed by atoms with Gasteiger partial charge in [-0.2, -0.15) is 0 Å². The Kier molecular flexibility index (Phi) is 7.16. The maximum atomic E-state index is 12.4. The van der Waals surface area contributed by atoms with Crippen LogP contribution in [-0.2, 0) is 6.42 Å². The van der Waals surface area contributed by atoms with Crippen LogP contribution in [-0.4, -0.2) is 26.7 Å². The van der Waals surface area contributed by atoms with E-state index in [0.717, 1.165) is 12.0 Å². The van der Waals surface area contributed by atoms with E-state index in [0.29, 0.717) is 16.7 Å². The van der Waals surface area contributed by atoms with E-state index < -0.39 is 0 Å². The van der Waals surface area contributed by atoms with Crippen molar-refractivity contribution in [2.45, 2.75) is 44.3 Å². The second-order valence-corrected chi connectivity index (χ2v) is 7.26. The highest BCUT2D eigenvalue weighted by Crippen LogP contribution is 2.23. The first-order valence-electron chi connectivity index (χ1n) is 9.25. The van der Waals surface area contributed by atoms with E-state index in [1.807, 2.05) is 12.1 Å². The van der Waals surface area contributed by atoms with E-state index >= 15 is 0 Å². The summed E-state index contributed by atoms with van der Waals surface area (Å²) in [5.41, 5.74) is 2.81. The Morgan fingerprint density at radius 2 is 1.78 bits per heavy atom. The fourth-order valence-electron chi connectivity index (χ4n) is 2.70. The van der Waals surface area contributed by atoms with Gasteiger partial charge in [0.25, 0.3) is 5.22 Å². The zero-order valence-corrected chi connectivity index (χ0v) is 16.2. The molecule has 6 heteroatoms. The number of aryl methyl sites for hydroxylation is 1. The van der Waals surface area contributed by atoms with E-state index in [4.69, 9.17) is 4.42 Å². The fraction of sp³-hybridized carbons (Fsp3) is 0.333. The van der Waals surface area contributed by atoms with E-state index in [2.05, 4.69) is 34.2 Å². The number of carbonyl (C=O) groups is 1. The molecule has 0 spiro atoms. The highest BCUT2D eigenvalue weighted by Gasteiger charge is 2.12. The van der Waals surface area contributed by atoms with Crippen molar-refractivity contribution >= 4 is 17.5 Å². The van der Waals surface area contributed by atoms with Crippen LogP contribution in [0.15, 0.2) is 58.4 Å². The summed E-state index contributed by atoms with van der Waals surface area (Å²) in [6, 6.07) is 11.5. The molecule has 2 aromatic heterocycles. The highest BCUT2D eigenvalue weighted by atomic mass is 32.2. The monoisotopic (exact) mass is 381 g/mol. The Balaban J connectivity index is 1.50. The van der Waals surface area contributed by atoms with Gasteiger partial charge in [-0.05, 0) is 30.5 Å². The van der Waals surface area contributed by atoms with Gasteiger partial charge in [0, 0.05) is 23.5 Å². The first kappa shape index (κ1) is 19.3.